The summed E-state index contributed by atoms with van der Waals surface area (Å²) in [5.74, 6) is 0.774. The summed E-state index contributed by atoms with van der Waals surface area (Å²) < 4.78 is 1.67. The average Bonchev–Trinajstić information content (AvgIpc) is 2.60. The molecule has 0 fully saturated rings. The topological polar surface area (TPSA) is 72.3 Å². The molecule has 2 aromatic rings. The van der Waals surface area contributed by atoms with Gasteiger partial charge in [0.05, 0.1) is 0 Å². The smallest absolute Gasteiger partial charge is 0.146 e. The number of aromatic nitrogens is 6. The van der Waals surface area contributed by atoms with Crippen LogP contribution in [0.25, 0.3) is 0 Å². The minimum Gasteiger partial charge on any atom is -0.262 e. The molecule has 0 radical (unpaired) electrons. The zero-order valence-corrected chi connectivity index (χ0v) is 5.68. The fourth-order valence-electron chi connectivity index (χ4n) is 0.775. The Hall–Kier alpha value is -1.72. The molecule has 6 nitrogen and oxygen atoms in total. The Bertz CT molecular complexity index is 263. The van der Waals surface area contributed by atoms with Gasteiger partial charge in [0.1, 0.15) is 31.4 Å². The zero-order valence-electron chi connectivity index (χ0n) is 5.68. The third-order valence-electron chi connectivity index (χ3n) is 1.24. The summed E-state index contributed by atoms with van der Waals surface area (Å²) in [4.78, 5) is 7.73. The lowest BCUT2D eigenvalue weighted by molar-refractivity contribution is 0.656. The monoisotopic (exact) mass is 150 g/mol. The maximum absolute atomic E-state index is 3.94. The van der Waals surface area contributed by atoms with Crippen LogP contribution in [0.5, 0.6) is 0 Å². The van der Waals surface area contributed by atoms with E-state index in [2.05, 4.69) is 25.3 Å². The first-order valence-electron chi connectivity index (χ1n) is 3.12. The van der Waals surface area contributed by atoms with E-state index in [-0.39, 0.29) is 0 Å². The summed E-state index contributed by atoms with van der Waals surface area (Å²) in [6.45, 7) is 0.583. The standard InChI is InChI=1S/C5H6N6/c1(5-7-3-8-10-5)11-4-6-2-9-11/h2-4H,1H2,(H,7,8,10). The quantitative estimate of drug-likeness (QED) is 0.623. The SMILES string of the molecule is c1n[nH]c(Cn2cncn2)n1. The Morgan fingerprint density at radius 1 is 1.45 bits per heavy atom. The molecule has 0 aliphatic heterocycles. The van der Waals surface area contributed by atoms with Crippen molar-refractivity contribution < 1.29 is 0 Å². The summed E-state index contributed by atoms with van der Waals surface area (Å²) in [5.41, 5.74) is 0. The number of aromatic amines is 1. The Balaban J connectivity index is 2.14. The number of H-pyrrole nitrogens is 1. The molecule has 0 amide bonds. The van der Waals surface area contributed by atoms with Gasteiger partial charge in [0.2, 0.25) is 0 Å². The van der Waals surface area contributed by atoms with Crippen molar-refractivity contribution >= 4 is 0 Å². The van der Waals surface area contributed by atoms with Crippen molar-refractivity contribution in [3.05, 3.63) is 24.8 Å². The molecule has 56 valence electrons. The molecule has 6 heteroatoms. The van der Waals surface area contributed by atoms with Crippen LogP contribution in [0.15, 0.2) is 19.0 Å². The van der Waals surface area contributed by atoms with E-state index in [1.165, 1.54) is 12.7 Å². The van der Waals surface area contributed by atoms with E-state index in [0.29, 0.717) is 6.54 Å². The Kier molecular flexibility index (Phi) is 1.36. The van der Waals surface area contributed by atoms with Gasteiger partial charge in [-0.05, 0) is 0 Å². The van der Waals surface area contributed by atoms with Crippen LogP contribution in [0.1, 0.15) is 5.82 Å². The van der Waals surface area contributed by atoms with E-state index < -0.39 is 0 Å². The van der Waals surface area contributed by atoms with Crippen LogP contribution < -0.4 is 0 Å². The van der Waals surface area contributed by atoms with Gasteiger partial charge < -0.3 is 0 Å². The Morgan fingerprint density at radius 2 is 2.45 bits per heavy atom. The summed E-state index contributed by atoms with van der Waals surface area (Å²) in [6, 6.07) is 0. The molecule has 2 aromatic heterocycles. The molecular formula is C5H6N6. The zero-order chi connectivity index (χ0) is 7.52. The number of hydrogen-bond acceptors (Lipinski definition) is 4. The Labute approximate surface area is 62.3 Å². The number of nitrogens with one attached hydrogen (secondary N) is 1. The lowest BCUT2D eigenvalue weighted by Crippen LogP contribution is -2.01. The van der Waals surface area contributed by atoms with Crippen LogP contribution in [0.2, 0.25) is 0 Å². The summed E-state index contributed by atoms with van der Waals surface area (Å²) >= 11 is 0. The highest BCUT2D eigenvalue weighted by Crippen LogP contribution is 1.88. The molecule has 0 bridgehead atoms. The van der Waals surface area contributed by atoms with Crippen molar-refractivity contribution in [1.82, 2.24) is 29.9 Å². The fourth-order valence-corrected chi connectivity index (χ4v) is 0.775. The Morgan fingerprint density at radius 3 is 3.09 bits per heavy atom. The largest absolute Gasteiger partial charge is 0.262 e. The molecule has 0 atom stereocenters. The summed E-state index contributed by atoms with van der Waals surface area (Å²) in [6.07, 6.45) is 4.57. The molecule has 1 N–H and O–H groups in total. The van der Waals surface area contributed by atoms with Gasteiger partial charge in [-0.15, -0.1) is 0 Å². The highest BCUT2D eigenvalue weighted by Gasteiger charge is 1.95. The first-order valence-corrected chi connectivity index (χ1v) is 3.12. The second-order valence-corrected chi connectivity index (χ2v) is 2.03. The first-order chi connectivity index (χ1) is 5.45. The van der Waals surface area contributed by atoms with Crippen LogP contribution in [0.4, 0.5) is 0 Å². The predicted molar refractivity (Wildman–Crippen MR) is 35.5 cm³/mol. The molecule has 0 spiro atoms. The maximum Gasteiger partial charge on any atom is 0.146 e. The van der Waals surface area contributed by atoms with Gasteiger partial charge in [-0.3, -0.25) is 5.10 Å². The second-order valence-electron chi connectivity index (χ2n) is 2.03. The molecule has 2 heterocycles. The van der Waals surface area contributed by atoms with Crippen LogP contribution in [-0.2, 0) is 6.54 Å². The number of hydrogen-bond donors (Lipinski definition) is 1. The summed E-state index contributed by atoms with van der Waals surface area (Å²) in [5, 5.41) is 10.3. The van der Waals surface area contributed by atoms with Gasteiger partial charge in [-0.25, -0.2) is 14.6 Å². The van der Waals surface area contributed by atoms with E-state index in [9.17, 15) is 0 Å². The van der Waals surface area contributed by atoms with E-state index in [1.54, 1.807) is 11.0 Å². The second kappa shape index (κ2) is 2.49. The molecule has 0 unspecified atom stereocenters. The van der Waals surface area contributed by atoms with Gasteiger partial charge in [-0.2, -0.15) is 10.2 Å². The molecule has 0 saturated carbocycles. The average molecular weight is 150 g/mol. The van der Waals surface area contributed by atoms with Gasteiger partial charge in [-0.1, -0.05) is 0 Å². The van der Waals surface area contributed by atoms with Crippen molar-refractivity contribution in [2.24, 2.45) is 0 Å². The van der Waals surface area contributed by atoms with Crippen molar-refractivity contribution in [3.63, 3.8) is 0 Å². The molecule has 11 heavy (non-hydrogen) atoms. The summed E-state index contributed by atoms with van der Waals surface area (Å²) in [7, 11) is 0. The molecule has 2 rings (SSSR count). The van der Waals surface area contributed by atoms with Crippen LogP contribution >= 0.6 is 0 Å². The maximum atomic E-state index is 3.94. The van der Waals surface area contributed by atoms with Crippen LogP contribution in [0, 0.1) is 0 Å². The third kappa shape index (κ3) is 1.23. The molecule has 0 aromatic carbocycles. The minimum absolute atomic E-state index is 0.583. The lowest BCUT2D eigenvalue weighted by atomic mass is 10.6. The van der Waals surface area contributed by atoms with E-state index in [0.717, 1.165) is 5.82 Å². The van der Waals surface area contributed by atoms with Gasteiger partial charge >= 0.3 is 0 Å². The van der Waals surface area contributed by atoms with Crippen molar-refractivity contribution in [1.29, 1.82) is 0 Å². The van der Waals surface area contributed by atoms with Gasteiger partial charge in [0.25, 0.3) is 0 Å². The first kappa shape index (κ1) is 6.02. The normalized spacial score (nSPS) is 10.2. The van der Waals surface area contributed by atoms with E-state index >= 15 is 0 Å². The third-order valence-corrected chi connectivity index (χ3v) is 1.24. The van der Waals surface area contributed by atoms with Gasteiger partial charge in [0.15, 0.2) is 0 Å². The molecular weight excluding hydrogens is 144 g/mol. The van der Waals surface area contributed by atoms with Crippen molar-refractivity contribution in [2.45, 2.75) is 6.54 Å². The highest BCUT2D eigenvalue weighted by atomic mass is 15.3. The van der Waals surface area contributed by atoms with Crippen molar-refractivity contribution in [3.8, 4) is 0 Å². The molecule has 0 saturated heterocycles. The minimum atomic E-state index is 0.583. The molecule has 0 aliphatic rings. The van der Waals surface area contributed by atoms with Gasteiger partial charge in [0, 0.05) is 0 Å². The lowest BCUT2D eigenvalue weighted by Gasteiger charge is -1.92. The van der Waals surface area contributed by atoms with Crippen LogP contribution in [0.3, 0.4) is 0 Å². The van der Waals surface area contributed by atoms with E-state index in [4.69, 9.17) is 0 Å². The number of rotatable bonds is 2. The van der Waals surface area contributed by atoms with Crippen LogP contribution in [-0.4, -0.2) is 29.9 Å². The van der Waals surface area contributed by atoms with Crippen molar-refractivity contribution in [2.75, 3.05) is 0 Å². The van der Waals surface area contributed by atoms with E-state index in [1.807, 2.05) is 0 Å². The highest BCUT2D eigenvalue weighted by molar-refractivity contribution is 4.80. The fraction of sp³-hybridized carbons (Fsp3) is 0.200. The molecule has 0 aliphatic carbocycles. The number of nitrogens with zero attached hydrogens (tertiary/aromatic N) is 5. The predicted octanol–water partition coefficient (Wildman–Crippen LogP) is -0.556.